The Labute approximate surface area is 201 Å². The summed E-state index contributed by atoms with van der Waals surface area (Å²) in [4.78, 5) is 26.2. The summed E-state index contributed by atoms with van der Waals surface area (Å²) in [6.45, 7) is 1.38. The van der Waals surface area contributed by atoms with E-state index in [0.29, 0.717) is 24.1 Å². The van der Waals surface area contributed by atoms with E-state index in [1.807, 2.05) is 24.3 Å². The van der Waals surface area contributed by atoms with E-state index in [1.165, 1.54) is 19.3 Å². The Morgan fingerprint density at radius 2 is 1.58 bits per heavy atom. The third-order valence-electron chi connectivity index (χ3n) is 6.84. The van der Waals surface area contributed by atoms with Crippen LogP contribution >= 0.6 is 0 Å². The van der Waals surface area contributed by atoms with Crippen molar-refractivity contribution < 1.29 is 40.7 Å². The molecule has 4 nitrogen and oxygen atoms in total. The van der Waals surface area contributed by atoms with Gasteiger partial charge in [-0.15, -0.1) is 0 Å². The lowest BCUT2D eigenvalue weighted by atomic mass is 9.93. The van der Waals surface area contributed by atoms with Gasteiger partial charge in [0, 0.05) is 29.2 Å². The van der Waals surface area contributed by atoms with Gasteiger partial charge in [-0.3, -0.25) is 14.5 Å². The molecule has 0 spiro atoms. The molecule has 0 bridgehead atoms. The molecule has 0 aromatic heterocycles. The van der Waals surface area contributed by atoms with Crippen LogP contribution in [0, 0.1) is 5.92 Å². The molecule has 0 N–H and O–H groups in total. The lowest BCUT2D eigenvalue weighted by Gasteiger charge is -2.26. The second-order valence-electron chi connectivity index (χ2n) is 9.16. The van der Waals surface area contributed by atoms with Crippen molar-refractivity contribution in [2.75, 3.05) is 4.90 Å². The van der Waals surface area contributed by atoms with Crippen LogP contribution in [-0.4, -0.2) is 17.9 Å². The van der Waals surface area contributed by atoms with Gasteiger partial charge in [-0.1, -0.05) is 24.3 Å². The molecule has 0 saturated heterocycles. The molecule has 0 radical (unpaired) electrons. The van der Waals surface area contributed by atoms with Crippen LogP contribution in [0.25, 0.3) is 0 Å². The normalized spacial score (nSPS) is 24.9. The Kier molecular flexibility index (Phi) is 5.53. The summed E-state index contributed by atoms with van der Waals surface area (Å²) in [6.07, 6.45) is -7.93. The third kappa shape index (κ3) is 4.08. The average molecular weight is 507 g/mol. The molecule has 188 valence electrons. The van der Waals surface area contributed by atoms with Crippen molar-refractivity contribution >= 4 is 17.4 Å². The highest BCUT2D eigenvalue weighted by atomic mass is 19.4. The number of fused-ring (bicyclic) bond motifs is 3. The number of Topliss-reactive ketones (excluding diaryl/α,β-unsaturated/α-hetero) is 1. The number of hydrogen-bond donors (Lipinski definition) is 0. The molecular formula is C26H19F6NO3. The number of nitrogens with zero attached hydrogens (tertiary/aromatic N) is 1. The molecule has 36 heavy (non-hydrogen) atoms. The second kappa shape index (κ2) is 8.25. The van der Waals surface area contributed by atoms with Crippen molar-refractivity contribution in [2.24, 2.45) is 5.92 Å². The van der Waals surface area contributed by atoms with E-state index in [9.17, 15) is 35.9 Å². The molecule has 1 aliphatic heterocycles. The molecule has 2 aliphatic carbocycles. The maximum absolute atomic E-state index is 13.4. The summed E-state index contributed by atoms with van der Waals surface area (Å²) in [5.74, 6) is -1.10. The van der Waals surface area contributed by atoms with E-state index in [2.05, 4.69) is 0 Å². The van der Waals surface area contributed by atoms with Crippen molar-refractivity contribution in [3.63, 3.8) is 0 Å². The number of benzene rings is 2. The molecule has 1 heterocycles. The number of ketones is 1. The van der Waals surface area contributed by atoms with E-state index in [1.54, 1.807) is 0 Å². The van der Waals surface area contributed by atoms with Crippen LogP contribution in [0.2, 0.25) is 0 Å². The third-order valence-corrected chi connectivity index (χ3v) is 6.84. The summed E-state index contributed by atoms with van der Waals surface area (Å²) < 4.78 is 86.0. The number of rotatable bonds is 3. The Bertz CT molecular complexity index is 1290. The summed E-state index contributed by atoms with van der Waals surface area (Å²) >= 11 is 0. The number of carbonyl (C=O) groups is 2. The number of anilines is 1. The zero-order chi connectivity index (χ0) is 26.0. The van der Waals surface area contributed by atoms with Gasteiger partial charge >= 0.3 is 12.4 Å². The van der Waals surface area contributed by atoms with Crippen molar-refractivity contribution in [3.05, 3.63) is 88.2 Å². The average Bonchev–Trinajstić information content (AvgIpc) is 3.39. The second-order valence-corrected chi connectivity index (χ2v) is 9.16. The molecule has 1 amide bonds. The van der Waals surface area contributed by atoms with Gasteiger partial charge in [-0.2, -0.15) is 26.3 Å². The van der Waals surface area contributed by atoms with Crippen molar-refractivity contribution in [2.45, 2.75) is 44.3 Å². The van der Waals surface area contributed by atoms with E-state index < -0.39 is 41.3 Å². The van der Waals surface area contributed by atoms with E-state index in [4.69, 9.17) is 4.74 Å². The van der Waals surface area contributed by atoms with Crippen LogP contribution in [0.15, 0.2) is 65.9 Å². The lowest BCUT2D eigenvalue weighted by Crippen LogP contribution is -2.36. The summed E-state index contributed by atoms with van der Waals surface area (Å²) in [5.41, 5.74) is -1.14. The fourth-order valence-electron chi connectivity index (χ4n) is 5.21. The number of amides is 1. The van der Waals surface area contributed by atoms with Crippen molar-refractivity contribution in [3.8, 4) is 0 Å². The number of carbonyl (C=O) groups excluding carboxylic acids is 2. The highest BCUT2D eigenvalue weighted by molar-refractivity contribution is 6.08. The Morgan fingerprint density at radius 3 is 2.22 bits per heavy atom. The SMILES string of the molecule is CC1=CC(O/C=C2/C(=O)C[C@@H]3Cc4ccccc4[C@H]23)N(c2cc(C(F)(F)F)cc(C(F)(F)F)c2)C1=O. The quantitative estimate of drug-likeness (QED) is 0.284. The zero-order valence-electron chi connectivity index (χ0n) is 18.8. The number of halogens is 6. The highest BCUT2D eigenvalue weighted by Crippen LogP contribution is 2.50. The van der Waals surface area contributed by atoms with Crippen molar-refractivity contribution in [1.82, 2.24) is 0 Å². The number of ether oxygens (including phenoxy) is 1. The van der Waals surface area contributed by atoms with Crippen LogP contribution in [0.1, 0.15) is 41.5 Å². The maximum Gasteiger partial charge on any atom is 0.416 e. The van der Waals surface area contributed by atoms with Crippen LogP contribution in [-0.2, 0) is 33.1 Å². The number of alkyl halides is 6. The minimum atomic E-state index is -5.07. The summed E-state index contributed by atoms with van der Waals surface area (Å²) in [7, 11) is 0. The molecule has 1 saturated carbocycles. The fraction of sp³-hybridized carbons (Fsp3) is 0.308. The largest absolute Gasteiger partial charge is 0.474 e. The molecule has 3 aliphatic rings. The van der Waals surface area contributed by atoms with Gasteiger partial charge in [0.05, 0.1) is 17.4 Å². The molecule has 2 aromatic carbocycles. The number of hydrogen-bond acceptors (Lipinski definition) is 3. The van der Waals surface area contributed by atoms with Gasteiger partial charge < -0.3 is 4.74 Å². The van der Waals surface area contributed by atoms with E-state index in [-0.39, 0.29) is 29.3 Å². The van der Waals surface area contributed by atoms with Gasteiger partial charge in [-0.05, 0) is 54.7 Å². The maximum atomic E-state index is 13.4. The Balaban J connectivity index is 1.51. The van der Waals surface area contributed by atoms with Gasteiger partial charge in [0.2, 0.25) is 0 Å². The zero-order valence-corrected chi connectivity index (χ0v) is 18.8. The highest BCUT2D eigenvalue weighted by Gasteiger charge is 2.45. The molecule has 5 rings (SSSR count). The summed E-state index contributed by atoms with van der Waals surface area (Å²) in [5, 5.41) is 0. The first kappa shape index (κ1) is 24.1. The minimum absolute atomic E-state index is 0.00293. The van der Waals surface area contributed by atoms with Crippen LogP contribution in [0.5, 0.6) is 0 Å². The first-order chi connectivity index (χ1) is 16.8. The van der Waals surface area contributed by atoms with Crippen LogP contribution < -0.4 is 4.90 Å². The van der Waals surface area contributed by atoms with Gasteiger partial charge in [0.1, 0.15) is 0 Å². The van der Waals surface area contributed by atoms with Gasteiger partial charge in [0.25, 0.3) is 5.91 Å². The number of allylic oxidation sites excluding steroid dienone is 1. The van der Waals surface area contributed by atoms with Gasteiger partial charge in [0.15, 0.2) is 12.0 Å². The van der Waals surface area contributed by atoms with E-state index >= 15 is 0 Å². The predicted molar refractivity (Wildman–Crippen MR) is 117 cm³/mol. The van der Waals surface area contributed by atoms with Crippen molar-refractivity contribution in [1.29, 1.82) is 0 Å². The topological polar surface area (TPSA) is 46.6 Å². The fourth-order valence-corrected chi connectivity index (χ4v) is 5.21. The Hall–Kier alpha value is -3.56. The molecule has 1 fully saturated rings. The molecular weight excluding hydrogens is 488 g/mol. The molecule has 1 unspecified atom stereocenters. The predicted octanol–water partition coefficient (Wildman–Crippen LogP) is 6.17. The van der Waals surface area contributed by atoms with E-state index in [0.717, 1.165) is 22.4 Å². The standard InChI is InChI=1S/C26H19F6NO3/c1-13-6-22(36-12-20-21(34)8-15-7-14-4-2-3-5-19(14)23(15)20)33(24(13)35)18-10-16(25(27,28)29)9-17(11-18)26(30,31)32/h2-6,9-12,15,22-23H,7-8H2,1H3/b20-12-/t15-,22?,23+/m0/s1. The van der Waals surface area contributed by atoms with Crippen LogP contribution in [0.3, 0.4) is 0 Å². The van der Waals surface area contributed by atoms with Gasteiger partial charge in [-0.25, -0.2) is 0 Å². The first-order valence-electron chi connectivity index (χ1n) is 11.1. The monoisotopic (exact) mass is 507 g/mol. The molecule has 2 aromatic rings. The Morgan fingerprint density at radius 1 is 0.944 bits per heavy atom. The minimum Gasteiger partial charge on any atom is -0.474 e. The first-order valence-corrected chi connectivity index (χ1v) is 11.1. The molecule has 10 heteroatoms. The van der Waals surface area contributed by atoms with Crippen LogP contribution in [0.4, 0.5) is 32.0 Å². The summed E-state index contributed by atoms with van der Waals surface area (Å²) in [6, 6.07) is 8.62. The smallest absolute Gasteiger partial charge is 0.416 e. The molecule has 3 atom stereocenters. The lowest BCUT2D eigenvalue weighted by molar-refractivity contribution is -0.143.